The molecule has 0 aliphatic carbocycles. The molecule has 0 bridgehead atoms. The molecule has 7 heteroatoms. The number of nitrogens with one attached hydrogen (secondary N) is 2. The first-order valence-corrected chi connectivity index (χ1v) is 5.91. The fourth-order valence-electron chi connectivity index (χ4n) is 1.35. The smallest absolute Gasteiger partial charge is 0.309 e. The van der Waals surface area contributed by atoms with E-state index in [1.165, 1.54) is 7.11 Å². The van der Waals surface area contributed by atoms with E-state index >= 15 is 0 Å². The van der Waals surface area contributed by atoms with Gasteiger partial charge in [0.25, 0.3) is 0 Å². The molecule has 0 aliphatic rings. The standard InChI is InChI=1S/C12H15N3O3S/c1-18-9-5-3-2-4-8(9)6-14-11(16)12(17)15-7-10(13)19/h2-5H,6-7H2,1H3,(H2,13,19)(H,14,16)(H,15,17). The third kappa shape index (κ3) is 4.92. The summed E-state index contributed by atoms with van der Waals surface area (Å²) in [6.07, 6.45) is 0. The number of rotatable bonds is 5. The average Bonchev–Trinajstić information content (AvgIpc) is 2.42. The van der Waals surface area contributed by atoms with Crippen LogP contribution in [-0.4, -0.2) is 30.5 Å². The van der Waals surface area contributed by atoms with Gasteiger partial charge < -0.3 is 21.1 Å². The van der Waals surface area contributed by atoms with Gasteiger partial charge in [0.1, 0.15) is 5.75 Å². The molecule has 0 aliphatic heterocycles. The molecule has 102 valence electrons. The summed E-state index contributed by atoms with van der Waals surface area (Å²) in [5.74, 6) is -0.879. The van der Waals surface area contributed by atoms with Crippen LogP contribution in [-0.2, 0) is 16.1 Å². The van der Waals surface area contributed by atoms with E-state index in [2.05, 4.69) is 22.9 Å². The van der Waals surface area contributed by atoms with E-state index in [0.29, 0.717) is 5.75 Å². The predicted molar refractivity (Wildman–Crippen MR) is 74.6 cm³/mol. The van der Waals surface area contributed by atoms with Gasteiger partial charge in [-0.15, -0.1) is 0 Å². The minimum Gasteiger partial charge on any atom is -0.496 e. The van der Waals surface area contributed by atoms with Gasteiger partial charge in [-0.25, -0.2) is 0 Å². The highest BCUT2D eigenvalue weighted by atomic mass is 32.1. The lowest BCUT2D eigenvalue weighted by atomic mass is 10.2. The number of thiocarbonyl (C=S) groups is 1. The van der Waals surface area contributed by atoms with E-state index in [1.807, 2.05) is 12.1 Å². The Morgan fingerprint density at radius 2 is 1.89 bits per heavy atom. The Balaban J connectivity index is 2.49. The molecule has 0 saturated heterocycles. The molecule has 2 amide bonds. The van der Waals surface area contributed by atoms with Crippen LogP contribution in [0.1, 0.15) is 5.56 Å². The van der Waals surface area contributed by atoms with Crippen LogP contribution in [0.15, 0.2) is 24.3 Å². The number of hydrogen-bond acceptors (Lipinski definition) is 4. The minimum atomic E-state index is -0.775. The molecule has 4 N–H and O–H groups in total. The number of nitrogens with two attached hydrogens (primary N) is 1. The zero-order valence-electron chi connectivity index (χ0n) is 10.4. The Bertz CT molecular complexity index is 491. The van der Waals surface area contributed by atoms with E-state index in [4.69, 9.17) is 10.5 Å². The van der Waals surface area contributed by atoms with Crippen molar-refractivity contribution >= 4 is 29.0 Å². The van der Waals surface area contributed by atoms with E-state index in [0.717, 1.165) is 5.56 Å². The molecular weight excluding hydrogens is 266 g/mol. The molecule has 1 aromatic rings. The predicted octanol–water partition coefficient (Wildman–Crippen LogP) is -0.286. The second-order valence-electron chi connectivity index (χ2n) is 3.64. The molecule has 1 rings (SSSR count). The van der Waals surface area contributed by atoms with Gasteiger partial charge in [-0.3, -0.25) is 9.59 Å². The van der Waals surface area contributed by atoms with Crippen LogP contribution in [0.3, 0.4) is 0 Å². The topological polar surface area (TPSA) is 93.4 Å². The first-order valence-electron chi connectivity index (χ1n) is 5.50. The lowest BCUT2D eigenvalue weighted by Crippen LogP contribution is -2.42. The maximum Gasteiger partial charge on any atom is 0.309 e. The zero-order valence-corrected chi connectivity index (χ0v) is 11.3. The maximum absolute atomic E-state index is 11.5. The highest BCUT2D eigenvalue weighted by molar-refractivity contribution is 7.80. The molecule has 0 fully saturated rings. The molecule has 6 nitrogen and oxygen atoms in total. The summed E-state index contributed by atoms with van der Waals surface area (Å²) in [5, 5.41) is 4.78. The number of para-hydroxylation sites is 1. The monoisotopic (exact) mass is 281 g/mol. The summed E-state index contributed by atoms with van der Waals surface area (Å²) < 4.78 is 5.13. The molecule has 0 unspecified atom stereocenters. The summed E-state index contributed by atoms with van der Waals surface area (Å²) in [6, 6.07) is 7.20. The van der Waals surface area contributed by atoms with Crippen molar-refractivity contribution in [3.05, 3.63) is 29.8 Å². The highest BCUT2D eigenvalue weighted by Gasteiger charge is 2.13. The van der Waals surface area contributed by atoms with Crippen LogP contribution in [0.25, 0.3) is 0 Å². The molecular formula is C12H15N3O3S. The fourth-order valence-corrected chi connectivity index (χ4v) is 1.42. The summed E-state index contributed by atoms with van der Waals surface area (Å²) in [4.78, 5) is 23.0. The molecule has 0 radical (unpaired) electrons. The summed E-state index contributed by atoms with van der Waals surface area (Å²) in [5.41, 5.74) is 5.99. The Hall–Kier alpha value is -2.15. The molecule has 0 heterocycles. The third-order valence-corrected chi connectivity index (χ3v) is 2.41. The van der Waals surface area contributed by atoms with Crippen LogP contribution >= 0.6 is 12.2 Å². The molecule has 0 atom stereocenters. The van der Waals surface area contributed by atoms with Crippen molar-refractivity contribution in [2.45, 2.75) is 6.54 Å². The second-order valence-corrected chi connectivity index (χ2v) is 4.17. The SMILES string of the molecule is COc1ccccc1CNC(=O)C(=O)NCC(N)=S. The Kier molecular flexibility index (Phi) is 5.74. The average molecular weight is 281 g/mol. The number of carbonyl (C=O) groups is 2. The second kappa shape index (κ2) is 7.32. The van der Waals surface area contributed by atoms with Gasteiger partial charge in [-0.05, 0) is 6.07 Å². The summed E-state index contributed by atoms with van der Waals surface area (Å²) in [6.45, 7) is 0.194. The molecule has 19 heavy (non-hydrogen) atoms. The molecule has 0 aromatic heterocycles. The van der Waals surface area contributed by atoms with Crippen molar-refractivity contribution in [3.63, 3.8) is 0 Å². The Morgan fingerprint density at radius 3 is 2.53 bits per heavy atom. The number of hydrogen-bond donors (Lipinski definition) is 3. The van der Waals surface area contributed by atoms with E-state index in [-0.39, 0.29) is 18.1 Å². The summed E-state index contributed by atoms with van der Waals surface area (Å²) >= 11 is 4.59. The Morgan fingerprint density at radius 1 is 1.26 bits per heavy atom. The van der Waals surface area contributed by atoms with E-state index < -0.39 is 11.8 Å². The van der Waals surface area contributed by atoms with Crippen molar-refractivity contribution in [2.75, 3.05) is 13.7 Å². The van der Waals surface area contributed by atoms with Gasteiger partial charge in [-0.1, -0.05) is 30.4 Å². The van der Waals surface area contributed by atoms with Crippen molar-refractivity contribution in [2.24, 2.45) is 5.73 Å². The quantitative estimate of drug-likeness (QED) is 0.509. The van der Waals surface area contributed by atoms with Gasteiger partial charge in [0.2, 0.25) is 0 Å². The largest absolute Gasteiger partial charge is 0.496 e. The number of methoxy groups -OCH3 is 1. The van der Waals surface area contributed by atoms with Crippen molar-refractivity contribution in [1.29, 1.82) is 0 Å². The Labute approximate surface area is 116 Å². The van der Waals surface area contributed by atoms with E-state index in [9.17, 15) is 9.59 Å². The zero-order chi connectivity index (χ0) is 14.3. The van der Waals surface area contributed by atoms with Gasteiger partial charge in [0.15, 0.2) is 0 Å². The van der Waals surface area contributed by atoms with Crippen LogP contribution in [0.2, 0.25) is 0 Å². The number of amides is 2. The van der Waals surface area contributed by atoms with E-state index in [1.54, 1.807) is 12.1 Å². The summed E-state index contributed by atoms with van der Waals surface area (Å²) in [7, 11) is 1.54. The lowest BCUT2D eigenvalue weighted by molar-refractivity contribution is -0.139. The molecule has 1 aromatic carbocycles. The highest BCUT2D eigenvalue weighted by Crippen LogP contribution is 2.16. The number of ether oxygens (including phenoxy) is 1. The first-order chi connectivity index (χ1) is 9.04. The normalized spacial score (nSPS) is 9.53. The van der Waals surface area contributed by atoms with Crippen LogP contribution < -0.4 is 21.1 Å². The van der Waals surface area contributed by atoms with Crippen molar-refractivity contribution in [3.8, 4) is 5.75 Å². The minimum absolute atomic E-state index is 0.00373. The van der Waals surface area contributed by atoms with Gasteiger partial charge >= 0.3 is 11.8 Å². The first kappa shape index (κ1) is 14.9. The third-order valence-electron chi connectivity index (χ3n) is 2.26. The maximum atomic E-state index is 11.5. The molecule has 0 spiro atoms. The number of benzene rings is 1. The molecule has 0 saturated carbocycles. The van der Waals surface area contributed by atoms with Gasteiger partial charge in [0, 0.05) is 12.1 Å². The fraction of sp³-hybridized carbons (Fsp3) is 0.250. The van der Waals surface area contributed by atoms with Gasteiger partial charge in [0.05, 0.1) is 18.6 Å². The number of carbonyl (C=O) groups excluding carboxylic acids is 2. The van der Waals surface area contributed by atoms with Crippen LogP contribution in [0.4, 0.5) is 0 Å². The van der Waals surface area contributed by atoms with Crippen LogP contribution in [0, 0.1) is 0 Å². The van der Waals surface area contributed by atoms with Crippen molar-refractivity contribution in [1.82, 2.24) is 10.6 Å². The lowest BCUT2D eigenvalue weighted by Gasteiger charge is -2.09. The van der Waals surface area contributed by atoms with Gasteiger partial charge in [-0.2, -0.15) is 0 Å². The van der Waals surface area contributed by atoms with Crippen LogP contribution in [0.5, 0.6) is 5.75 Å². The van der Waals surface area contributed by atoms with Crippen molar-refractivity contribution < 1.29 is 14.3 Å².